The highest BCUT2D eigenvalue weighted by molar-refractivity contribution is 6.37. The van der Waals surface area contributed by atoms with E-state index in [0.717, 1.165) is 0 Å². The van der Waals surface area contributed by atoms with E-state index in [9.17, 15) is 0 Å². The highest BCUT2D eigenvalue weighted by Gasteiger charge is 2.09. The minimum absolute atomic E-state index is 0.0914. The maximum absolute atomic E-state index is 5.94. The summed E-state index contributed by atoms with van der Waals surface area (Å²) in [6.45, 7) is 0. The van der Waals surface area contributed by atoms with Crippen LogP contribution in [0.3, 0.4) is 0 Å². The van der Waals surface area contributed by atoms with Gasteiger partial charge < -0.3 is 4.74 Å². The molecule has 0 amide bonds. The summed E-state index contributed by atoms with van der Waals surface area (Å²) in [5.41, 5.74) is 0.589. The lowest BCUT2D eigenvalue weighted by Gasteiger charge is -2.05. The molecule has 15 heavy (non-hydrogen) atoms. The molecule has 0 saturated carbocycles. The van der Waals surface area contributed by atoms with E-state index in [1.54, 1.807) is 12.1 Å². The molecule has 0 aliphatic carbocycles. The van der Waals surface area contributed by atoms with Crippen molar-refractivity contribution in [3.05, 3.63) is 27.6 Å². The van der Waals surface area contributed by atoms with E-state index in [-0.39, 0.29) is 10.4 Å². The molecule has 1 heterocycles. The number of hydrogen-bond donors (Lipinski definition) is 0. The third kappa shape index (κ3) is 1.95. The second-order valence-corrected chi connectivity index (χ2v) is 3.89. The van der Waals surface area contributed by atoms with Crippen LogP contribution >= 0.6 is 34.8 Å². The molecule has 0 aliphatic heterocycles. The van der Waals surface area contributed by atoms with Crippen LogP contribution in [0.1, 0.15) is 0 Å². The van der Waals surface area contributed by atoms with E-state index in [1.165, 1.54) is 7.11 Å². The van der Waals surface area contributed by atoms with Crippen molar-refractivity contribution in [1.29, 1.82) is 0 Å². The van der Waals surface area contributed by atoms with Crippen LogP contribution in [0.4, 0.5) is 0 Å². The first-order chi connectivity index (χ1) is 7.11. The van der Waals surface area contributed by atoms with E-state index in [1.807, 2.05) is 0 Å². The summed E-state index contributed by atoms with van der Waals surface area (Å²) >= 11 is 17.5. The lowest BCUT2D eigenvalue weighted by Crippen LogP contribution is -1.90. The van der Waals surface area contributed by atoms with Crippen LogP contribution in [0, 0.1) is 0 Å². The Morgan fingerprint density at radius 2 is 1.87 bits per heavy atom. The molecule has 0 atom stereocenters. The Hall–Kier alpha value is -0.770. The van der Waals surface area contributed by atoms with E-state index in [2.05, 4.69) is 9.97 Å². The molecule has 2 rings (SSSR count). The van der Waals surface area contributed by atoms with Gasteiger partial charge >= 0.3 is 0 Å². The van der Waals surface area contributed by atoms with Gasteiger partial charge in [0.25, 0.3) is 0 Å². The monoisotopic (exact) mass is 262 g/mol. The summed E-state index contributed by atoms with van der Waals surface area (Å²) in [6.07, 6.45) is 0. The largest absolute Gasteiger partial charge is 0.495 e. The minimum atomic E-state index is 0.0914. The Morgan fingerprint density at radius 1 is 1.13 bits per heavy atom. The van der Waals surface area contributed by atoms with E-state index in [0.29, 0.717) is 21.7 Å². The van der Waals surface area contributed by atoms with Crippen molar-refractivity contribution in [2.45, 2.75) is 0 Å². The summed E-state index contributed by atoms with van der Waals surface area (Å²) in [4.78, 5) is 7.83. The number of fused-ring (bicyclic) bond motifs is 1. The molecule has 6 heteroatoms. The Balaban J connectivity index is 2.81. The van der Waals surface area contributed by atoms with Crippen molar-refractivity contribution in [3.63, 3.8) is 0 Å². The molecule has 0 unspecified atom stereocenters. The molecule has 0 aliphatic rings. The van der Waals surface area contributed by atoms with Crippen LogP contribution in [-0.2, 0) is 0 Å². The highest BCUT2D eigenvalue weighted by Crippen LogP contribution is 2.32. The van der Waals surface area contributed by atoms with Gasteiger partial charge in [0.05, 0.1) is 17.6 Å². The predicted molar refractivity (Wildman–Crippen MR) is 61.1 cm³/mol. The molecule has 0 spiro atoms. The average Bonchev–Trinajstić information content (AvgIpc) is 2.16. The fourth-order valence-electron chi connectivity index (χ4n) is 1.22. The third-order valence-corrected chi connectivity index (χ3v) is 2.65. The number of methoxy groups -OCH3 is 1. The number of ether oxygens (including phenoxy) is 1. The van der Waals surface area contributed by atoms with Gasteiger partial charge in [-0.2, -0.15) is 0 Å². The Kier molecular flexibility index (Phi) is 2.87. The van der Waals surface area contributed by atoms with Gasteiger partial charge in [-0.25, -0.2) is 9.97 Å². The van der Waals surface area contributed by atoms with Gasteiger partial charge in [-0.05, 0) is 23.7 Å². The first-order valence-corrected chi connectivity index (χ1v) is 5.11. The van der Waals surface area contributed by atoms with Crippen molar-refractivity contribution in [2.75, 3.05) is 7.11 Å². The highest BCUT2D eigenvalue weighted by atomic mass is 35.5. The van der Waals surface area contributed by atoms with E-state index < -0.39 is 0 Å². The van der Waals surface area contributed by atoms with E-state index in [4.69, 9.17) is 39.5 Å². The summed E-state index contributed by atoms with van der Waals surface area (Å²) in [6, 6.07) is 3.31. The van der Waals surface area contributed by atoms with Crippen LogP contribution in [0.25, 0.3) is 10.9 Å². The summed E-state index contributed by atoms with van der Waals surface area (Å²) in [5.74, 6) is 0.525. The van der Waals surface area contributed by atoms with Gasteiger partial charge in [0, 0.05) is 5.39 Å². The molecular weight excluding hydrogens is 258 g/mol. The van der Waals surface area contributed by atoms with Gasteiger partial charge in [-0.3, -0.25) is 0 Å². The number of aromatic nitrogens is 2. The quantitative estimate of drug-likeness (QED) is 0.582. The summed E-state index contributed by atoms with van der Waals surface area (Å²) in [7, 11) is 1.53. The number of halogens is 3. The van der Waals surface area contributed by atoms with Gasteiger partial charge in [0.15, 0.2) is 0 Å². The molecule has 0 radical (unpaired) electrons. The maximum Gasteiger partial charge on any atom is 0.224 e. The molecule has 3 nitrogen and oxygen atoms in total. The second kappa shape index (κ2) is 4.00. The van der Waals surface area contributed by atoms with Crippen LogP contribution in [0.5, 0.6) is 5.75 Å². The summed E-state index contributed by atoms with van der Waals surface area (Å²) < 4.78 is 5.06. The fraction of sp³-hybridized carbons (Fsp3) is 0.111. The normalized spacial score (nSPS) is 10.7. The smallest absolute Gasteiger partial charge is 0.224 e. The number of hydrogen-bond acceptors (Lipinski definition) is 3. The van der Waals surface area contributed by atoms with Crippen LogP contribution < -0.4 is 4.74 Å². The van der Waals surface area contributed by atoms with Crippen molar-refractivity contribution in [3.8, 4) is 5.75 Å². The molecule has 2 aromatic rings. The maximum atomic E-state index is 5.94. The Bertz CT molecular complexity index is 530. The second-order valence-electron chi connectivity index (χ2n) is 2.79. The predicted octanol–water partition coefficient (Wildman–Crippen LogP) is 3.60. The van der Waals surface area contributed by atoms with Gasteiger partial charge in [-0.1, -0.05) is 23.2 Å². The van der Waals surface area contributed by atoms with Crippen molar-refractivity contribution < 1.29 is 4.74 Å². The fourth-order valence-corrected chi connectivity index (χ4v) is 1.91. The molecule has 78 valence electrons. The minimum Gasteiger partial charge on any atom is -0.495 e. The molecule has 0 N–H and O–H groups in total. The molecule has 0 fully saturated rings. The topological polar surface area (TPSA) is 35.0 Å². The number of rotatable bonds is 1. The molecular formula is C9H5Cl3N2O. The SMILES string of the molecule is COc1cc2c(Cl)nc(Cl)nc2cc1Cl. The molecule has 1 aromatic heterocycles. The zero-order valence-corrected chi connectivity index (χ0v) is 9.86. The number of benzene rings is 1. The van der Waals surface area contributed by atoms with Crippen molar-refractivity contribution in [1.82, 2.24) is 9.97 Å². The van der Waals surface area contributed by atoms with Gasteiger partial charge in [0.2, 0.25) is 5.28 Å². The average molecular weight is 264 g/mol. The Morgan fingerprint density at radius 3 is 2.53 bits per heavy atom. The van der Waals surface area contributed by atoms with Crippen LogP contribution in [0.15, 0.2) is 12.1 Å². The number of nitrogens with zero attached hydrogens (tertiary/aromatic N) is 2. The summed E-state index contributed by atoms with van der Waals surface area (Å²) in [5, 5.41) is 1.48. The zero-order chi connectivity index (χ0) is 11.0. The van der Waals surface area contributed by atoms with Crippen LogP contribution in [-0.4, -0.2) is 17.1 Å². The standard InChI is InChI=1S/C9H5Cl3N2O/c1-15-7-2-4-6(3-5(7)10)13-9(12)14-8(4)11/h2-3H,1H3. The van der Waals surface area contributed by atoms with Crippen molar-refractivity contribution in [2.24, 2.45) is 0 Å². The first-order valence-electron chi connectivity index (χ1n) is 3.98. The van der Waals surface area contributed by atoms with Gasteiger partial charge in [-0.15, -0.1) is 0 Å². The zero-order valence-electron chi connectivity index (χ0n) is 7.59. The van der Waals surface area contributed by atoms with Crippen LogP contribution in [0.2, 0.25) is 15.5 Å². The van der Waals surface area contributed by atoms with Crippen molar-refractivity contribution >= 4 is 45.7 Å². The van der Waals surface area contributed by atoms with E-state index >= 15 is 0 Å². The first kappa shape index (κ1) is 10.7. The molecule has 1 aromatic carbocycles. The lowest BCUT2D eigenvalue weighted by molar-refractivity contribution is 0.415. The third-order valence-electron chi connectivity index (χ3n) is 1.90. The molecule has 0 saturated heterocycles. The lowest BCUT2D eigenvalue weighted by atomic mass is 10.2. The molecule has 0 bridgehead atoms. The Labute approximate surface area is 101 Å². The van der Waals surface area contributed by atoms with Gasteiger partial charge in [0.1, 0.15) is 10.9 Å².